The third kappa shape index (κ3) is 5.23. The van der Waals surface area contributed by atoms with Crippen molar-refractivity contribution in [2.45, 2.75) is 117 Å². The average Bonchev–Trinajstić information content (AvgIpc) is 3.15. The molecule has 2 fully saturated rings. The quantitative estimate of drug-likeness (QED) is 0.123. The van der Waals surface area contributed by atoms with Crippen LogP contribution in [0.2, 0.25) is 0 Å². The Balaban J connectivity index is 1.64. The maximum atomic E-state index is 15.1. The van der Waals surface area contributed by atoms with Gasteiger partial charge in [0.25, 0.3) is 0 Å². The van der Waals surface area contributed by atoms with Gasteiger partial charge in [0.05, 0.1) is 11.2 Å². The molecule has 2 unspecified atom stereocenters. The van der Waals surface area contributed by atoms with E-state index in [4.69, 9.17) is 18.9 Å². The fourth-order valence-corrected chi connectivity index (χ4v) is 8.41. The van der Waals surface area contributed by atoms with Gasteiger partial charge >= 0.3 is 11.9 Å². The van der Waals surface area contributed by atoms with E-state index < -0.39 is 52.0 Å². The molecule has 0 radical (unpaired) electrons. The Kier molecular flexibility index (Phi) is 8.25. The van der Waals surface area contributed by atoms with E-state index in [0.29, 0.717) is 36.1 Å². The van der Waals surface area contributed by atoms with E-state index in [1.165, 1.54) is 25.5 Å². The van der Waals surface area contributed by atoms with Gasteiger partial charge in [-0.3, -0.25) is 14.4 Å². The number of carbonyl (C=O) groups excluding carboxylic acids is 3. The highest BCUT2D eigenvalue weighted by Gasteiger charge is 2.81. The lowest BCUT2D eigenvalue weighted by atomic mass is 9.51. The molecule has 1 saturated heterocycles. The lowest BCUT2D eigenvalue weighted by Gasteiger charge is -2.56. The number of ether oxygens (including phenoxy) is 4. The Hall–Kier alpha value is -4.24. The van der Waals surface area contributed by atoms with Gasteiger partial charge in [-0.15, -0.1) is 0 Å². The van der Waals surface area contributed by atoms with E-state index in [-0.39, 0.29) is 40.4 Å². The molecule has 4 bridgehead atoms. The molecule has 49 heavy (non-hydrogen) atoms. The number of rotatable bonds is 9. The zero-order chi connectivity index (χ0) is 35.8. The van der Waals surface area contributed by atoms with Crippen molar-refractivity contribution in [1.29, 1.82) is 0 Å². The highest BCUT2D eigenvalue weighted by molar-refractivity contribution is 6.19. The third-order valence-corrected chi connectivity index (χ3v) is 10.7. The average molecular weight is 671 g/mol. The number of carbonyl (C=O) groups is 4. The first-order valence-electron chi connectivity index (χ1n) is 17.0. The van der Waals surface area contributed by atoms with Crippen LogP contribution in [0.25, 0.3) is 6.08 Å². The molecule has 0 aromatic heterocycles. The Labute approximate surface area is 287 Å². The molecule has 3 aliphatic carbocycles. The van der Waals surface area contributed by atoms with E-state index in [1.54, 1.807) is 6.08 Å². The van der Waals surface area contributed by atoms with Crippen LogP contribution in [0.15, 0.2) is 52.7 Å². The van der Waals surface area contributed by atoms with Crippen molar-refractivity contribution < 1.29 is 43.2 Å². The van der Waals surface area contributed by atoms with E-state index >= 15 is 4.79 Å². The fraction of sp³-hybridized carbons (Fsp3) is 0.500. The van der Waals surface area contributed by atoms with Crippen LogP contribution >= 0.6 is 0 Å². The molecule has 1 saturated carbocycles. The van der Waals surface area contributed by atoms with Crippen LogP contribution in [0.3, 0.4) is 0 Å². The number of carboxylic acids is 1. The van der Waals surface area contributed by atoms with Crippen LogP contribution in [0.5, 0.6) is 17.2 Å². The van der Waals surface area contributed by atoms with Crippen LogP contribution in [0.4, 0.5) is 0 Å². The van der Waals surface area contributed by atoms with E-state index in [1.807, 2.05) is 66.7 Å². The first-order valence-corrected chi connectivity index (χ1v) is 17.0. The second-order valence-corrected chi connectivity index (χ2v) is 15.3. The van der Waals surface area contributed by atoms with Crippen molar-refractivity contribution >= 4 is 29.6 Å². The van der Waals surface area contributed by atoms with E-state index in [9.17, 15) is 19.5 Å². The fourth-order valence-electron chi connectivity index (χ4n) is 8.41. The number of allylic oxidation sites excluding steroid dienone is 5. The van der Waals surface area contributed by atoms with Crippen molar-refractivity contribution in [1.82, 2.24) is 0 Å². The molecule has 1 N–H and O–H groups in total. The van der Waals surface area contributed by atoms with Crippen molar-refractivity contribution in [2.75, 3.05) is 0 Å². The summed E-state index contributed by atoms with van der Waals surface area (Å²) in [6, 6.07) is 0. The molecule has 260 valence electrons. The molecule has 3 aliphatic heterocycles. The molecule has 9 heteroatoms. The normalized spacial score (nSPS) is 29.9. The SMILES string of the molecule is CC(=O)Oc1c2c(c(CC=C(C)C)c3c1C(=O)C1=C[C@H]4C[C@@H]5C(C)(C)OC(C/C=C(\C)C(=O)O)(C4=O)C15O3)O[C@](C)(CCC=C(C)C)C=C2. The Bertz CT molecular complexity index is 1840. The number of hydrogen-bond donors (Lipinski definition) is 1. The third-order valence-electron chi connectivity index (χ3n) is 10.7. The van der Waals surface area contributed by atoms with Gasteiger partial charge in [-0.25, -0.2) is 4.79 Å². The van der Waals surface area contributed by atoms with Crippen LogP contribution in [-0.2, 0) is 25.5 Å². The summed E-state index contributed by atoms with van der Waals surface area (Å²) in [4.78, 5) is 54.0. The minimum absolute atomic E-state index is 0.0535. The predicted molar refractivity (Wildman–Crippen MR) is 184 cm³/mol. The molecule has 5 atom stereocenters. The van der Waals surface area contributed by atoms with Gasteiger partial charge in [-0.05, 0) is 93.2 Å². The predicted octanol–water partition coefficient (Wildman–Crippen LogP) is 7.46. The topological polar surface area (TPSA) is 125 Å². The Morgan fingerprint density at radius 1 is 0.980 bits per heavy atom. The summed E-state index contributed by atoms with van der Waals surface area (Å²) < 4.78 is 26.7. The van der Waals surface area contributed by atoms with Crippen molar-refractivity contribution in [3.05, 3.63) is 69.4 Å². The van der Waals surface area contributed by atoms with E-state index in [2.05, 4.69) is 6.08 Å². The lowest BCUT2D eigenvalue weighted by Crippen LogP contribution is -2.72. The molecule has 1 aromatic carbocycles. The largest absolute Gasteiger partial charge is 0.482 e. The second kappa shape index (κ2) is 11.7. The zero-order valence-corrected chi connectivity index (χ0v) is 29.9. The highest BCUT2D eigenvalue weighted by atomic mass is 16.6. The number of carboxylic acid groups (broad SMARTS) is 1. The van der Waals surface area contributed by atoms with Crippen LogP contribution in [0, 0.1) is 11.8 Å². The Morgan fingerprint density at radius 2 is 1.67 bits per heavy atom. The molecular weight excluding hydrogens is 624 g/mol. The number of aliphatic carboxylic acids is 1. The van der Waals surface area contributed by atoms with Gasteiger partial charge in [-0.1, -0.05) is 35.5 Å². The Morgan fingerprint density at radius 3 is 2.31 bits per heavy atom. The number of ketones is 2. The number of hydrogen-bond acceptors (Lipinski definition) is 8. The summed E-state index contributed by atoms with van der Waals surface area (Å²) in [6.07, 6.45) is 13.3. The van der Waals surface area contributed by atoms with E-state index in [0.717, 1.165) is 12.0 Å². The minimum Gasteiger partial charge on any atom is -0.482 e. The molecular formula is C40H46O9. The summed E-state index contributed by atoms with van der Waals surface area (Å²) in [5, 5.41) is 9.70. The lowest BCUT2D eigenvalue weighted by molar-refractivity contribution is -0.171. The standard InChI is InChI=1S/C40H46O9/c1-21(2)11-10-16-38(9)17-15-27-32(47-38)26(13-12-22(3)4)34-30(33(27)46-24(6)41)31(42)28-19-25-20-29-37(7,8)49-39(35(25)43,40(28,29)48-34)18-14-23(5)36(44)45/h11-12,14-15,17,19,25,29H,10,13,16,18,20H2,1-9H3,(H,44,45)/b23-14+/t25-,29+,38+,39?,40?/m0/s1. The molecule has 3 heterocycles. The number of fused-ring (bicyclic) bond motifs is 2. The molecule has 1 aromatic rings. The van der Waals surface area contributed by atoms with Gasteiger partial charge in [0, 0.05) is 41.9 Å². The van der Waals surface area contributed by atoms with Gasteiger partial charge in [0.2, 0.25) is 0 Å². The molecule has 9 nitrogen and oxygen atoms in total. The van der Waals surface area contributed by atoms with Crippen molar-refractivity contribution in [3.8, 4) is 17.2 Å². The van der Waals surface area contributed by atoms with Crippen molar-refractivity contribution in [2.24, 2.45) is 11.8 Å². The van der Waals surface area contributed by atoms with Gasteiger partial charge < -0.3 is 24.1 Å². The number of esters is 1. The first-order chi connectivity index (χ1) is 22.9. The van der Waals surface area contributed by atoms with Gasteiger partial charge in [-0.2, -0.15) is 0 Å². The number of Topliss-reactive ketones (excluding diaryl/α,β-unsaturated/α-hetero) is 2. The molecule has 1 spiro atoms. The first kappa shape index (κ1) is 34.6. The summed E-state index contributed by atoms with van der Waals surface area (Å²) >= 11 is 0. The molecule has 0 amide bonds. The monoisotopic (exact) mass is 670 g/mol. The second-order valence-electron chi connectivity index (χ2n) is 15.3. The molecule has 6 aliphatic rings. The van der Waals surface area contributed by atoms with Crippen LogP contribution in [-0.4, -0.2) is 51.0 Å². The van der Waals surface area contributed by atoms with Crippen LogP contribution < -0.4 is 14.2 Å². The maximum Gasteiger partial charge on any atom is 0.330 e. The maximum absolute atomic E-state index is 15.1. The minimum atomic E-state index is -1.66. The summed E-state index contributed by atoms with van der Waals surface area (Å²) in [7, 11) is 0. The van der Waals surface area contributed by atoms with Crippen molar-refractivity contribution in [3.63, 3.8) is 0 Å². The van der Waals surface area contributed by atoms with Gasteiger partial charge in [0.15, 0.2) is 28.5 Å². The summed E-state index contributed by atoms with van der Waals surface area (Å²) in [6.45, 7) is 16.6. The summed E-state index contributed by atoms with van der Waals surface area (Å²) in [5.41, 5.74) is -1.08. The van der Waals surface area contributed by atoms with Crippen LogP contribution in [0.1, 0.15) is 109 Å². The summed E-state index contributed by atoms with van der Waals surface area (Å²) in [5.74, 6) is -2.71. The molecule has 7 rings (SSSR count). The smallest absolute Gasteiger partial charge is 0.330 e. The number of benzene rings is 1. The zero-order valence-electron chi connectivity index (χ0n) is 29.9. The highest BCUT2D eigenvalue weighted by Crippen LogP contribution is 2.68. The van der Waals surface area contributed by atoms with Gasteiger partial charge in [0.1, 0.15) is 22.7 Å².